The number of nitrogens with two attached hydrogens (primary N) is 1. The fourth-order valence-electron chi connectivity index (χ4n) is 4.46. The highest BCUT2D eigenvalue weighted by Gasteiger charge is 2.35. The van der Waals surface area contributed by atoms with Gasteiger partial charge in [-0.1, -0.05) is 42.6 Å². The van der Waals surface area contributed by atoms with Crippen molar-refractivity contribution < 1.29 is 29.1 Å². The molecule has 12 heteroatoms. The molecule has 0 radical (unpaired) electrons. The van der Waals surface area contributed by atoms with Crippen LogP contribution in [-0.4, -0.2) is 61.1 Å². The number of unbranched alkanes of at least 4 members (excludes halogenated alkanes) is 1. The molecule has 1 aliphatic heterocycles. The molecule has 0 spiro atoms. The highest BCUT2D eigenvalue weighted by atomic mass is 35.5. The molecular weight excluding hydrogens is 526 g/mol. The Morgan fingerprint density at radius 2 is 2.05 bits per heavy atom. The number of nitrogens with one attached hydrogen (secondary N) is 2. The number of nitrogens with zero attached hydrogens (tertiary/aromatic N) is 2. The minimum absolute atomic E-state index is 0.0206. The number of amides is 3. The summed E-state index contributed by atoms with van der Waals surface area (Å²) in [6.45, 7) is 2.11. The van der Waals surface area contributed by atoms with Crippen LogP contribution in [0, 0.1) is 5.92 Å². The normalized spacial score (nSPS) is 17.2. The number of oxime groups is 1. The Hall–Kier alpha value is -3.99. The highest BCUT2D eigenvalue weighted by Crippen LogP contribution is 2.27. The number of methoxy groups -OCH3 is 1. The van der Waals surface area contributed by atoms with Gasteiger partial charge in [0.25, 0.3) is 0 Å². The first kappa shape index (κ1) is 29.6. The van der Waals surface area contributed by atoms with Gasteiger partial charge in [-0.2, -0.15) is 0 Å². The van der Waals surface area contributed by atoms with Gasteiger partial charge in [0.15, 0.2) is 5.84 Å². The monoisotopic (exact) mass is 559 g/mol. The standard InChI is InChI=1S/C27H34ClN5O6/c1-4-5-6-22(16-7-9-20(26(35)36)21(29)13-16)31-27(37)33-15-24(32-39-3)30-14-18(25(33)34)11-17-12-19(28)8-10-23(17)38-2/h7-10,12-13,18,22H,4-6,11,14-15,29H2,1-3H3,(H,30,32)(H,31,37)(H,35,36). The minimum Gasteiger partial charge on any atom is -0.496 e. The molecule has 3 amide bonds. The zero-order valence-electron chi connectivity index (χ0n) is 22.2. The zero-order chi connectivity index (χ0) is 28.5. The number of carboxylic acids is 1. The third-order valence-corrected chi connectivity index (χ3v) is 6.72. The second kappa shape index (κ2) is 13.7. The topological polar surface area (TPSA) is 156 Å². The lowest BCUT2D eigenvalue weighted by molar-refractivity contribution is -0.131. The predicted octanol–water partition coefficient (Wildman–Crippen LogP) is 3.82. The molecule has 39 heavy (non-hydrogen) atoms. The van der Waals surface area contributed by atoms with Gasteiger partial charge in [-0.05, 0) is 54.3 Å². The lowest BCUT2D eigenvalue weighted by atomic mass is 9.97. The summed E-state index contributed by atoms with van der Waals surface area (Å²) in [6, 6.07) is 8.63. The number of imide groups is 1. The van der Waals surface area contributed by atoms with Crippen LogP contribution < -0.4 is 21.1 Å². The molecule has 2 aromatic rings. The number of hydrogen-bond donors (Lipinski definition) is 4. The summed E-state index contributed by atoms with van der Waals surface area (Å²) < 4.78 is 5.44. The van der Waals surface area contributed by atoms with Crippen molar-refractivity contribution in [1.82, 2.24) is 15.5 Å². The van der Waals surface area contributed by atoms with Crippen molar-refractivity contribution in [2.75, 3.05) is 33.0 Å². The number of anilines is 1. The molecule has 1 saturated heterocycles. The van der Waals surface area contributed by atoms with Crippen molar-refractivity contribution in [3.8, 4) is 5.75 Å². The van der Waals surface area contributed by atoms with Gasteiger partial charge >= 0.3 is 12.0 Å². The molecule has 0 aromatic heterocycles. The molecule has 2 atom stereocenters. The number of aromatic carboxylic acids is 1. The largest absolute Gasteiger partial charge is 0.496 e. The van der Waals surface area contributed by atoms with Crippen LogP contribution in [0.2, 0.25) is 5.02 Å². The number of hydrogen-bond acceptors (Lipinski definition) is 7. The molecule has 11 nitrogen and oxygen atoms in total. The Labute approximate surface area is 232 Å². The van der Waals surface area contributed by atoms with Gasteiger partial charge in [-0.3, -0.25) is 9.69 Å². The molecule has 1 fully saturated rings. The molecule has 210 valence electrons. The van der Waals surface area contributed by atoms with E-state index in [0.29, 0.717) is 28.6 Å². The average molecular weight is 560 g/mol. The maximum absolute atomic E-state index is 13.7. The molecule has 0 aliphatic carbocycles. The van der Waals surface area contributed by atoms with Crippen molar-refractivity contribution in [2.24, 2.45) is 11.1 Å². The Morgan fingerprint density at radius 1 is 1.28 bits per heavy atom. The fraction of sp³-hybridized carbons (Fsp3) is 0.407. The maximum atomic E-state index is 13.7. The van der Waals surface area contributed by atoms with Crippen LogP contribution >= 0.6 is 11.6 Å². The van der Waals surface area contributed by atoms with Crippen molar-refractivity contribution in [3.63, 3.8) is 0 Å². The number of carbonyl (C=O) groups is 3. The Balaban J connectivity index is 1.90. The molecule has 0 saturated carbocycles. The van der Waals surface area contributed by atoms with E-state index in [1.54, 1.807) is 30.3 Å². The highest BCUT2D eigenvalue weighted by molar-refractivity contribution is 6.30. The second-order valence-electron chi connectivity index (χ2n) is 9.18. The number of halogens is 1. The summed E-state index contributed by atoms with van der Waals surface area (Å²) in [6.07, 6.45) is 2.49. The van der Waals surface area contributed by atoms with Gasteiger partial charge in [-0.15, -0.1) is 0 Å². The van der Waals surface area contributed by atoms with Gasteiger partial charge in [0.2, 0.25) is 5.91 Å². The van der Waals surface area contributed by atoms with Crippen LogP contribution in [0.15, 0.2) is 41.6 Å². The van der Waals surface area contributed by atoms with Gasteiger partial charge in [0.05, 0.1) is 31.2 Å². The van der Waals surface area contributed by atoms with Crippen molar-refractivity contribution in [3.05, 3.63) is 58.1 Å². The van der Waals surface area contributed by atoms with E-state index in [9.17, 15) is 19.5 Å². The summed E-state index contributed by atoms with van der Waals surface area (Å²) in [5.41, 5.74) is 7.41. The summed E-state index contributed by atoms with van der Waals surface area (Å²) >= 11 is 6.19. The van der Waals surface area contributed by atoms with Crippen LogP contribution in [0.4, 0.5) is 10.5 Å². The lowest BCUT2D eigenvalue weighted by Crippen LogP contribution is -2.48. The number of ether oxygens (including phenoxy) is 1. The second-order valence-corrected chi connectivity index (χ2v) is 9.62. The Bertz CT molecular complexity index is 1240. The van der Waals surface area contributed by atoms with Crippen molar-refractivity contribution >= 4 is 41.0 Å². The van der Waals surface area contributed by atoms with E-state index >= 15 is 0 Å². The molecule has 2 aromatic carbocycles. The summed E-state index contributed by atoms with van der Waals surface area (Å²) in [5, 5.41) is 19.8. The number of benzene rings is 2. The first-order chi connectivity index (χ1) is 18.7. The van der Waals surface area contributed by atoms with E-state index in [4.69, 9.17) is 26.9 Å². The van der Waals surface area contributed by atoms with E-state index in [2.05, 4.69) is 15.8 Å². The molecular formula is C27H34ClN5O6. The molecule has 5 N–H and O–H groups in total. The van der Waals surface area contributed by atoms with Crippen molar-refractivity contribution in [1.29, 1.82) is 0 Å². The van der Waals surface area contributed by atoms with Crippen LogP contribution in [0.25, 0.3) is 0 Å². The van der Waals surface area contributed by atoms with Gasteiger partial charge in [0.1, 0.15) is 12.9 Å². The van der Waals surface area contributed by atoms with Gasteiger partial charge in [0, 0.05) is 17.3 Å². The average Bonchev–Trinajstić information content (AvgIpc) is 3.05. The number of carboxylic acid groups (broad SMARTS) is 1. The first-order valence-electron chi connectivity index (χ1n) is 12.6. The third-order valence-electron chi connectivity index (χ3n) is 6.48. The number of nitrogen functional groups attached to an aromatic ring is 1. The molecule has 1 aliphatic rings. The summed E-state index contributed by atoms with van der Waals surface area (Å²) in [7, 11) is 2.92. The maximum Gasteiger partial charge on any atom is 0.337 e. The summed E-state index contributed by atoms with van der Waals surface area (Å²) in [4.78, 5) is 44.7. The van der Waals surface area contributed by atoms with E-state index in [-0.39, 0.29) is 30.8 Å². The number of amidine groups is 1. The van der Waals surface area contributed by atoms with E-state index in [1.165, 1.54) is 20.3 Å². The lowest BCUT2D eigenvalue weighted by Gasteiger charge is -2.26. The zero-order valence-corrected chi connectivity index (χ0v) is 23.0. The quantitative estimate of drug-likeness (QED) is 0.253. The number of urea groups is 1. The molecule has 1 heterocycles. The number of carbonyl (C=O) groups excluding carboxylic acids is 2. The van der Waals surface area contributed by atoms with E-state index in [0.717, 1.165) is 23.3 Å². The first-order valence-corrected chi connectivity index (χ1v) is 13.0. The fourth-order valence-corrected chi connectivity index (χ4v) is 4.65. The van der Waals surface area contributed by atoms with Crippen LogP contribution in [0.1, 0.15) is 53.7 Å². The van der Waals surface area contributed by atoms with Crippen molar-refractivity contribution in [2.45, 2.75) is 38.6 Å². The Kier molecular flexibility index (Phi) is 10.4. The van der Waals surface area contributed by atoms with Crippen LogP contribution in [-0.2, 0) is 16.1 Å². The van der Waals surface area contributed by atoms with E-state index < -0.39 is 29.9 Å². The molecule has 2 unspecified atom stereocenters. The number of rotatable bonds is 10. The SMILES string of the molecule is CCCCC(NC(=O)N1C/C(=N/OC)NCC(Cc2cc(Cl)ccc2OC)C1=O)c1ccc(C(=O)O)c(N)c1. The smallest absolute Gasteiger partial charge is 0.337 e. The van der Waals surface area contributed by atoms with Gasteiger partial charge in [-0.25, -0.2) is 9.59 Å². The molecule has 0 bridgehead atoms. The molecule has 3 rings (SSSR count). The van der Waals surface area contributed by atoms with E-state index in [1.807, 2.05) is 6.92 Å². The van der Waals surface area contributed by atoms with Gasteiger partial charge < -0.3 is 31.0 Å². The Morgan fingerprint density at radius 3 is 2.69 bits per heavy atom. The third kappa shape index (κ3) is 7.53. The minimum atomic E-state index is -1.14. The predicted molar refractivity (Wildman–Crippen MR) is 148 cm³/mol. The van der Waals surface area contributed by atoms with Crippen LogP contribution in [0.3, 0.4) is 0 Å². The van der Waals surface area contributed by atoms with Crippen LogP contribution in [0.5, 0.6) is 5.75 Å². The summed E-state index contributed by atoms with van der Waals surface area (Å²) in [5.74, 6) is -1.27.